The van der Waals surface area contributed by atoms with Crippen LogP contribution in [0.5, 0.6) is 0 Å². The van der Waals surface area contributed by atoms with Gasteiger partial charge in [-0.3, -0.25) is 29.6 Å². The maximum atomic E-state index is 14.9. The van der Waals surface area contributed by atoms with Crippen molar-refractivity contribution in [1.82, 2.24) is 15.3 Å². The molecule has 15 heteroatoms. The Labute approximate surface area is 212 Å². The van der Waals surface area contributed by atoms with Crippen LogP contribution < -0.4 is 20.9 Å². The number of rotatable bonds is 9. The molecule has 1 aliphatic rings. The maximum Gasteiger partial charge on any atom is 0.414 e. The summed E-state index contributed by atoms with van der Waals surface area (Å²) in [5.41, 5.74) is 1.35. The zero-order valence-electron chi connectivity index (χ0n) is 19.3. The van der Waals surface area contributed by atoms with Gasteiger partial charge < -0.3 is 20.7 Å². The van der Waals surface area contributed by atoms with E-state index in [-0.39, 0.29) is 41.2 Å². The fourth-order valence-electron chi connectivity index (χ4n) is 3.39. The molecule has 0 radical (unpaired) electrons. The van der Waals surface area contributed by atoms with Crippen LogP contribution in [0.1, 0.15) is 6.92 Å². The van der Waals surface area contributed by atoms with E-state index in [2.05, 4.69) is 25.9 Å². The number of cyclic esters (lactones) is 1. The number of carbonyl (C=O) groups is 3. The first-order chi connectivity index (χ1) is 17.7. The molecule has 1 saturated heterocycles. The molecule has 3 heterocycles. The molecule has 1 aromatic carbocycles. The van der Waals surface area contributed by atoms with Crippen molar-refractivity contribution in [2.75, 3.05) is 35.2 Å². The van der Waals surface area contributed by atoms with Gasteiger partial charge in [0.15, 0.2) is 5.13 Å². The molecule has 1 atom stereocenters. The van der Waals surface area contributed by atoms with Crippen LogP contribution in [0.2, 0.25) is 0 Å². The number of anilines is 3. The topological polar surface area (TPSA) is 169 Å². The summed E-state index contributed by atoms with van der Waals surface area (Å²) < 4.78 is 20.1. The van der Waals surface area contributed by atoms with Crippen molar-refractivity contribution in [2.24, 2.45) is 0 Å². The van der Waals surface area contributed by atoms with Crippen molar-refractivity contribution >= 4 is 50.8 Å². The number of aromatic nitrogens is 2. The zero-order valence-corrected chi connectivity index (χ0v) is 20.1. The van der Waals surface area contributed by atoms with Gasteiger partial charge in [-0.15, -0.1) is 0 Å². The highest BCUT2D eigenvalue weighted by Crippen LogP contribution is 2.29. The first-order valence-electron chi connectivity index (χ1n) is 10.8. The van der Waals surface area contributed by atoms with Gasteiger partial charge in [-0.2, -0.15) is 0 Å². The second kappa shape index (κ2) is 10.9. The van der Waals surface area contributed by atoms with Crippen molar-refractivity contribution in [2.45, 2.75) is 13.0 Å². The number of nitrogens with zero attached hydrogens (tertiary/aromatic N) is 4. The van der Waals surface area contributed by atoms with E-state index in [0.29, 0.717) is 17.1 Å². The lowest BCUT2D eigenvalue weighted by Crippen LogP contribution is -2.33. The van der Waals surface area contributed by atoms with Crippen molar-refractivity contribution in [3.63, 3.8) is 0 Å². The molecule has 0 aliphatic carbocycles. The predicted octanol–water partition coefficient (Wildman–Crippen LogP) is 2.76. The van der Waals surface area contributed by atoms with E-state index < -0.39 is 28.8 Å². The highest BCUT2D eigenvalue weighted by Gasteiger charge is 2.32. The van der Waals surface area contributed by atoms with Gasteiger partial charge >= 0.3 is 11.1 Å². The molecule has 3 aromatic rings. The number of nitro groups is 1. The first kappa shape index (κ1) is 25.4. The molecular weight excluding hydrogens is 509 g/mol. The van der Waals surface area contributed by atoms with Crippen LogP contribution in [0.15, 0.2) is 42.7 Å². The quantitative estimate of drug-likeness (QED) is 0.279. The average Bonchev–Trinajstić information content (AvgIpc) is 3.48. The van der Waals surface area contributed by atoms with Gasteiger partial charge in [-0.05, 0) is 41.7 Å². The van der Waals surface area contributed by atoms with E-state index in [4.69, 9.17) is 4.74 Å². The number of hydrogen-bond donors (Lipinski definition) is 3. The highest BCUT2D eigenvalue weighted by molar-refractivity contribution is 7.18. The Kier molecular flexibility index (Phi) is 7.52. The van der Waals surface area contributed by atoms with Crippen molar-refractivity contribution < 1.29 is 28.4 Å². The lowest BCUT2D eigenvalue weighted by atomic mass is 10.1. The normalized spacial score (nSPS) is 14.7. The Morgan fingerprint density at radius 1 is 1.27 bits per heavy atom. The van der Waals surface area contributed by atoms with Gasteiger partial charge in [0.05, 0.1) is 47.8 Å². The molecule has 0 bridgehead atoms. The van der Waals surface area contributed by atoms with Crippen LogP contribution in [-0.4, -0.2) is 58.5 Å². The highest BCUT2D eigenvalue weighted by atomic mass is 32.1. The Morgan fingerprint density at radius 3 is 2.73 bits per heavy atom. The van der Waals surface area contributed by atoms with Gasteiger partial charge in [-0.1, -0.05) is 0 Å². The third-order valence-electron chi connectivity index (χ3n) is 5.13. The third kappa shape index (κ3) is 6.32. The van der Waals surface area contributed by atoms with E-state index in [1.54, 1.807) is 18.2 Å². The molecule has 0 saturated carbocycles. The van der Waals surface area contributed by atoms with Crippen LogP contribution >= 0.6 is 11.3 Å². The van der Waals surface area contributed by atoms with Gasteiger partial charge in [0, 0.05) is 12.5 Å². The van der Waals surface area contributed by atoms with Gasteiger partial charge in [-0.25, -0.2) is 14.2 Å². The molecule has 3 N–H and O–H groups in total. The summed E-state index contributed by atoms with van der Waals surface area (Å²) in [6.45, 7) is 1.55. The van der Waals surface area contributed by atoms with Crippen molar-refractivity contribution in [3.05, 3.63) is 58.7 Å². The summed E-state index contributed by atoms with van der Waals surface area (Å²) in [7, 11) is 0. The van der Waals surface area contributed by atoms with Gasteiger partial charge in [0.25, 0.3) is 0 Å². The van der Waals surface area contributed by atoms with E-state index in [1.807, 2.05) is 0 Å². The molecular formula is C22H20FN7O6S. The molecule has 1 fully saturated rings. The molecule has 0 spiro atoms. The number of benzene rings is 1. The summed E-state index contributed by atoms with van der Waals surface area (Å²) in [6.07, 6.45) is 1.31. The van der Waals surface area contributed by atoms with Gasteiger partial charge in [0.2, 0.25) is 11.8 Å². The summed E-state index contributed by atoms with van der Waals surface area (Å²) in [5.74, 6) is -1.30. The summed E-state index contributed by atoms with van der Waals surface area (Å²) in [4.78, 5) is 54.6. The number of pyridine rings is 1. The molecule has 1 unspecified atom stereocenters. The minimum atomic E-state index is -0.631. The fraction of sp³-hybridized carbons (Fsp3) is 0.227. The monoisotopic (exact) mass is 529 g/mol. The Bertz CT molecular complexity index is 1350. The van der Waals surface area contributed by atoms with E-state index in [1.165, 1.54) is 30.2 Å². The largest absolute Gasteiger partial charge is 0.442 e. The standard InChI is InChI=1S/C22H20FN7O6S/c1-12(31)24-8-15-11-29(22(33)36-15)14-3-4-16(17(23)6-14)18-5-2-13(7-26-18)25-9-19(32)28-21-27-10-20(37-21)30(34)35/h2-7,10,15,25H,8-9,11H2,1H3,(H,24,31)(H,27,28,32). The Balaban J connectivity index is 1.34. The molecule has 4 rings (SSSR count). The maximum absolute atomic E-state index is 14.9. The molecule has 1 aliphatic heterocycles. The molecule has 192 valence electrons. The van der Waals surface area contributed by atoms with Crippen molar-refractivity contribution in [1.29, 1.82) is 0 Å². The van der Waals surface area contributed by atoms with E-state index in [9.17, 15) is 28.9 Å². The van der Waals surface area contributed by atoms with Crippen LogP contribution in [-0.2, 0) is 14.3 Å². The first-order valence-corrected chi connectivity index (χ1v) is 11.6. The minimum Gasteiger partial charge on any atom is -0.442 e. The minimum absolute atomic E-state index is 0.108. The van der Waals surface area contributed by atoms with Crippen LogP contribution in [0, 0.1) is 15.9 Å². The SMILES string of the molecule is CC(=O)NCC1CN(c2ccc(-c3ccc(NCC(=O)Nc4ncc([N+](=O)[O-])s4)cn3)c(F)c2)C(=O)O1. The number of halogens is 1. The number of nitrogens with one attached hydrogen (secondary N) is 3. The number of ether oxygens (including phenoxy) is 1. The second-order valence-corrected chi connectivity index (χ2v) is 8.82. The number of amides is 3. The lowest BCUT2D eigenvalue weighted by Gasteiger charge is -2.14. The van der Waals surface area contributed by atoms with E-state index in [0.717, 1.165) is 17.5 Å². The number of thiazole rings is 1. The summed E-state index contributed by atoms with van der Waals surface area (Å²) >= 11 is 0.743. The van der Waals surface area contributed by atoms with Crippen LogP contribution in [0.25, 0.3) is 11.3 Å². The second-order valence-electron chi connectivity index (χ2n) is 7.81. The lowest BCUT2D eigenvalue weighted by molar-refractivity contribution is -0.380. The number of carbonyl (C=O) groups excluding carboxylic acids is 3. The smallest absolute Gasteiger partial charge is 0.414 e. The van der Waals surface area contributed by atoms with Crippen molar-refractivity contribution in [3.8, 4) is 11.3 Å². The molecule has 3 amide bonds. The van der Waals surface area contributed by atoms with E-state index >= 15 is 0 Å². The number of hydrogen-bond acceptors (Lipinski definition) is 10. The summed E-state index contributed by atoms with van der Waals surface area (Å²) in [5, 5.41) is 18.5. The summed E-state index contributed by atoms with van der Waals surface area (Å²) in [6, 6.07) is 7.45. The predicted molar refractivity (Wildman–Crippen MR) is 132 cm³/mol. The zero-order chi connectivity index (χ0) is 26.5. The average molecular weight is 530 g/mol. The fourth-order valence-corrected chi connectivity index (χ4v) is 4.04. The van der Waals surface area contributed by atoms with Crippen LogP contribution in [0.4, 0.5) is 30.7 Å². The Morgan fingerprint density at radius 2 is 2.08 bits per heavy atom. The van der Waals surface area contributed by atoms with Crippen LogP contribution in [0.3, 0.4) is 0 Å². The molecule has 13 nitrogen and oxygen atoms in total. The third-order valence-corrected chi connectivity index (χ3v) is 5.99. The molecule has 37 heavy (non-hydrogen) atoms. The molecule has 2 aromatic heterocycles. The Hall–Kier alpha value is -4.66. The van der Waals surface area contributed by atoms with Gasteiger partial charge in [0.1, 0.15) is 18.1 Å².